The van der Waals surface area contributed by atoms with Crippen molar-refractivity contribution in [2.45, 2.75) is 39.7 Å². The van der Waals surface area contributed by atoms with Crippen molar-refractivity contribution in [1.82, 2.24) is 19.2 Å². The van der Waals surface area contributed by atoms with Gasteiger partial charge in [0.25, 0.3) is 0 Å². The lowest BCUT2D eigenvalue weighted by Gasteiger charge is -2.38. The number of anilines is 1. The SMILES string of the molecule is COC1=CC=C(SN2CCN(C(C)c3nc(N4CC(C)CC(C)C4)c4ccccc4n3)CC2)CC=C1. The lowest BCUT2D eigenvalue weighted by molar-refractivity contribution is 0.147. The van der Waals surface area contributed by atoms with E-state index in [-0.39, 0.29) is 6.04 Å². The Balaban J connectivity index is 1.29. The fraction of sp³-hybridized carbons (Fsp3) is 0.517. The Hall–Kier alpha value is -2.35. The van der Waals surface area contributed by atoms with E-state index in [4.69, 9.17) is 14.7 Å². The monoisotopic (exact) mass is 505 g/mol. The highest BCUT2D eigenvalue weighted by Gasteiger charge is 2.28. The zero-order valence-electron chi connectivity index (χ0n) is 22.1. The van der Waals surface area contributed by atoms with Gasteiger partial charge in [0.15, 0.2) is 0 Å². The number of methoxy groups -OCH3 is 1. The van der Waals surface area contributed by atoms with Crippen LogP contribution in [0.4, 0.5) is 5.82 Å². The average Bonchev–Trinajstić information content (AvgIpc) is 3.12. The average molecular weight is 506 g/mol. The van der Waals surface area contributed by atoms with Crippen LogP contribution in [0.15, 0.2) is 59.2 Å². The molecule has 1 aromatic heterocycles. The maximum Gasteiger partial charge on any atom is 0.148 e. The van der Waals surface area contributed by atoms with E-state index in [1.54, 1.807) is 7.11 Å². The van der Waals surface area contributed by atoms with E-state index in [0.717, 1.165) is 68.6 Å². The predicted molar refractivity (Wildman–Crippen MR) is 151 cm³/mol. The van der Waals surface area contributed by atoms with E-state index >= 15 is 0 Å². The quantitative estimate of drug-likeness (QED) is 0.459. The molecule has 3 atom stereocenters. The highest BCUT2D eigenvalue weighted by molar-refractivity contribution is 8.00. The van der Waals surface area contributed by atoms with E-state index in [1.807, 2.05) is 18.0 Å². The van der Waals surface area contributed by atoms with Crippen molar-refractivity contribution in [2.75, 3.05) is 51.3 Å². The first kappa shape index (κ1) is 25.3. The van der Waals surface area contributed by atoms with Crippen LogP contribution in [0, 0.1) is 11.8 Å². The van der Waals surface area contributed by atoms with E-state index in [9.17, 15) is 0 Å². The highest BCUT2D eigenvalue weighted by atomic mass is 32.2. The van der Waals surface area contributed by atoms with Gasteiger partial charge in [0.1, 0.15) is 17.4 Å². The van der Waals surface area contributed by atoms with E-state index in [1.165, 1.54) is 16.7 Å². The van der Waals surface area contributed by atoms with Gasteiger partial charge in [-0.25, -0.2) is 14.3 Å². The maximum absolute atomic E-state index is 5.36. The third-order valence-corrected chi connectivity index (χ3v) is 8.64. The van der Waals surface area contributed by atoms with Gasteiger partial charge in [0.05, 0.1) is 18.7 Å². The van der Waals surface area contributed by atoms with Crippen LogP contribution in [-0.2, 0) is 4.74 Å². The number of fused-ring (bicyclic) bond motifs is 1. The van der Waals surface area contributed by atoms with E-state index in [0.29, 0.717) is 11.8 Å². The van der Waals surface area contributed by atoms with Crippen molar-refractivity contribution < 1.29 is 4.74 Å². The first-order valence-corrected chi connectivity index (χ1v) is 14.1. The molecule has 5 rings (SSSR count). The number of para-hydroxylation sites is 1. The second-order valence-electron chi connectivity index (χ2n) is 10.5. The van der Waals surface area contributed by atoms with Crippen molar-refractivity contribution >= 4 is 28.7 Å². The summed E-state index contributed by atoms with van der Waals surface area (Å²) in [6, 6.07) is 8.71. The molecule has 192 valence electrons. The number of hydrogen-bond donors (Lipinski definition) is 0. The van der Waals surface area contributed by atoms with Gasteiger partial charge in [0, 0.05) is 49.6 Å². The van der Waals surface area contributed by atoms with Crippen LogP contribution in [0.1, 0.15) is 45.5 Å². The molecular weight excluding hydrogens is 466 g/mol. The Bertz CT molecular complexity index is 1140. The minimum Gasteiger partial charge on any atom is -0.497 e. The lowest BCUT2D eigenvalue weighted by Crippen LogP contribution is -2.45. The molecular formula is C29H39N5OS. The minimum atomic E-state index is 0.187. The first-order valence-electron chi connectivity index (χ1n) is 13.3. The summed E-state index contributed by atoms with van der Waals surface area (Å²) in [4.78, 5) is 16.7. The number of allylic oxidation sites excluding steroid dienone is 5. The Morgan fingerprint density at radius 3 is 2.50 bits per heavy atom. The van der Waals surface area contributed by atoms with Gasteiger partial charge in [-0.3, -0.25) is 4.90 Å². The topological polar surface area (TPSA) is 44.7 Å². The molecule has 1 aliphatic carbocycles. The van der Waals surface area contributed by atoms with Gasteiger partial charge in [-0.15, -0.1) is 0 Å². The molecule has 3 unspecified atom stereocenters. The number of nitrogens with zero attached hydrogens (tertiary/aromatic N) is 5. The van der Waals surface area contributed by atoms with Gasteiger partial charge < -0.3 is 9.64 Å². The van der Waals surface area contributed by atoms with Gasteiger partial charge in [-0.2, -0.15) is 0 Å². The number of piperazine rings is 1. The maximum atomic E-state index is 5.36. The van der Waals surface area contributed by atoms with Gasteiger partial charge in [-0.05, 0) is 73.9 Å². The molecule has 0 saturated carbocycles. The van der Waals surface area contributed by atoms with Crippen LogP contribution in [0.3, 0.4) is 0 Å². The van der Waals surface area contributed by atoms with Gasteiger partial charge in [0.2, 0.25) is 0 Å². The Morgan fingerprint density at radius 1 is 1.00 bits per heavy atom. The third-order valence-electron chi connectivity index (χ3n) is 7.48. The smallest absolute Gasteiger partial charge is 0.148 e. The molecule has 3 heterocycles. The van der Waals surface area contributed by atoms with E-state index in [2.05, 4.69) is 77.4 Å². The van der Waals surface area contributed by atoms with Crippen LogP contribution < -0.4 is 4.90 Å². The van der Waals surface area contributed by atoms with Crippen LogP contribution in [0.2, 0.25) is 0 Å². The summed E-state index contributed by atoms with van der Waals surface area (Å²) < 4.78 is 7.85. The molecule has 1 aromatic carbocycles. The summed E-state index contributed by atoms with van der Waals surface area (Å²) in [6.45, 7) is 13.2. The van der Waals surface area contributed by atoms with Crippen molar-refractivity contribution in [3.05, 3.63) is 65.1 Å². The summed E-state index contributed by atoms with van der Waals surface area (Å²) in [5, 5.41) is 1.17. The first-order chi connectivity index (χ1) is 17.5. The molecule has 36 heavy (non-hydrogen) atoms. The molecule has 0 radical (unpaired) electrons. The second-order valence-corrected chi connectivity index (χ2v) is 11.7. The molecule has 7 heteroatoms. The van der Waals surface area contributed by atoms with Crippen molar-refractivity contribution in [3.63, 3.8) is 0 Å². The molecule has 6 nitrogen and oxygen atoms in total. The Labute approximate surface area is 220 Å². The van der Waals surface area contributed by atoms with Crippen molar-refractivity contribution in [1.29, 1.82) is 0 Å². The molecule has 2 aliphatic heterocycles. The lowest BCUT2D eigenvalue weighted by atomic mass is 9.92. The standard InChI is InChI=1S/C29H39N5OS/c1-21-18-22(2)20-33(19-21)29-26-10-5-6-11-27(26)30-28(31-29)23(3)32-14-16-34(17-15-32)36-25-9-7-8-24(35-4)12-13-25/h5-8,10-13,21-23H,9,14-20H2,1-4H3. The minimum absolute atomic E-state index is 0.187. The molecule has 0 amide bonds. The van der Waals surface area contributed by atoms with Crippen molar-refractivity contribution in [3.8, 4) is 0 Å². The number of hydrogen-bond acceptors (Lipinski definition) is 7. The zero-order valence-corrected chi connectivity index (χ0v) is 22.9. The Morgan fingerprint density at radius 2 is 1.75 bits per heavy atom. The van der Waals surface area contributed by atoms with Crippen LogP contribution in [0.25, 0.3) is 10.9 Å². The summed E-state index contributed by atoms with van der Waals surface area (Å²) in [5.41, 5.74) is 1.06. The molecule has 0 spiro atoms. The molecule has 0 bridgehead atoms. The normalized spacial score (nSPS) is 24.8. The highest BCUT2D eigenvalue weighted by Crippen LogP contribution is 2.33. The summed E-state index contributed by atoms with van der Waals surface area (Å²) in [5.74, 6) is 4.35. The van der Waals surface area contributed by atoms with Crippen LogP contribution in [0.5, 0.6) is 0 Å². The van der Waals surface area contributed by atoms with Crippen molar-refractivity contribution in [2.24, 2.45) is 11.8 Å². The summed E-state index contributed by atoms with van der Waals surface area (Å²) >= 11 is 1.88. The zero-order chi connectivity index (χ0) is 25.1. The molecule has 0 N–H and O–H groups in total. The van der Waals surface area contributed by atoms with Crippen LogP contribution in [-0.4, -0.2) is 65.6 Å². The number of piperidine rings is 1. The Kier molecular flexibility index (Phi) is 7.99. The fourth-order valence-electron chi connectivity index (χ4n) is 5.65. The van der Waals surface area contributed by atoms with Gasteiger partial charge in [-0.1, -0.05) is 32.1 Å². The molecule has 3 aliphatic rings. The molecule has 2 fully saturated rings. The summed E-state index contributed by atoms with van der Waals surface area (Å²) in [6.07, 6.45) is 10.7. The number of benzene rings is 1. The van der Waals surface area contributed by atoms with Crippen LogP contribution >= 0.6 is 11.9 Å². The second kappa shape index (κ2) is 11.4. The largest absolute Gasteiger partial charge is 0.497 e. The number of ether oxygens (including phenoxy) is 1. The number of rotatable bonds is 6. The fourth-order valence-corrected chi connectivity index (χ4v) is 6.62. The summed E-state index contributed by atoms with van der Waals surface area (Å²) in [7, 11) is 1.72. The third kappa shape index (κ3) is 5.79. The van der Waals surface area contributed by atoms with E-state index < -0.39 is 0 Å². The molecule has 2 aromatic rings. The number of aromatic nitrogens is 2. The predicted octanol–water partition coefficient (Wildman–Crippen LogP) is 5.81. The van der Waals surface area contributed by atoms with Gasteiger partial charge >= 0.3 is 0 Å². The molecule has 2 saturated heterocycles.